The van der Waals surface area contributed by atoms with Gasteiger partial charge in [-0.15, -0.1) is 0 Å². The quantitative estimate of drug-likeness (QED) is 0.389. The largest absolute Gasteiger partial charge is 0.481 e. The third-order valence-electron chi connectivity index (χ3n) is 5.47. The fraction of sp³-hybridized carbons (Fsp3) is 0.333. The second-order valence-corrected chi connectivity index (χ2v) is 8.00. The first-order chi connectivity index (χ1) is 15.3. The molecule has 2 aromatic carbocycles. The molecule has 2 aromatic rings. The highest BCUT2D eigenvalue weighted by Crippen LogP contribution is 2.40. The standard InChI is InChI=1S/C21H18F4N2O6/c1-20(18(28)29)9-13(12-2-7-16(17(22)8-12)21(23,24)25)10-26(11-20)19(30)33-15-5-3-14(4-6-15)27(31)32/h2-8,13H,9-11H2,1H3,(H,28,29). The molecule has 2 atom stereocenters. The number of halogens is 4. The number of rotatable bonds is 4. The maximum atomic E-state index is 14.1. The number of hydrogen-bond donors (Lipinski definition) is 1. The molecule has 1 N–H and O–H groups in total. The average molecular weight is 470 g/mol. The summed E-state index contributed by atoms with van der Waals surface area (Å²) in [5.41, 5.74) is -3.04. The van der Waals surface area contributed by atoms with Gasteiger partial charge in [0.25, 0.3) is 5.69 Å². The van der Waals surface area contributed by atoms with Crippen LogP contribution in [0.25, 0.3) is 0 Å². The van der Waals surface area contributed by atoms with E-state index in [2.05, 4.69) is 0 Å². The molecule has 0 aromatic heterocycles. The van der Waals surface area contributed by atoms with Crippen LogP contribution in [0.15, 0.2) is 42.5 Å². The summed E-state index contributed by atoms with van der Waals surface area (Å²) in [6, 6.07) is 6.96. The molecule has 176 valence electrons. The van der Waals surface area contributed by atoms with Crippen molar-refractivity contribution in [1.82, 2.24) is 4.90 Å². The highest BCUT2D eigenvalue weighted by molar-refractivity contribution is 5.77. The van der Waals surface area contributed by atoms with Gasteiger partial charge in [0.2, 0.25) is 0 Å². The van der Waals surface area contributed by atoms with Crippen molar-refractivity contribution in [1.29, 1.82) is 0 Å². The Morgan fingerprint density at radius 2 is 1.85 bits per heavy atom. The zero-order valence-electron chi connectivity index (χ0n) is 17.1. The Bertz CT molecular complexity index is 1090. The van der Waals surface area contributed by atoms with E-state index in [9.17, 15) is 42.4 Å². The van der Waals surface area contributed by atoms with Gasteiger partial charge >= 0.3 is 18.2 Å². The molecular weight excluding hydrogens is 452 g/mol. The Morgan fingerprint density at radius 1 is 1.21 bits per heavy atom. The lowest BCUT2D eigenvalue weighted by Crippen LogP contribution is -2.51. The number of alkyl halides is 3. The Labute approximate surface area is 184 Å². The minimum absolute atomic E-state index is 0.0228. The average Bonchev–Trinajstić information content (AvgIpc) is 2.72. The number of likely N-dealkylation sites (tertiary alicyclic amines) is 1. The molecule has 1 saturated heterocycles. The Morgan fingerprint density at radius 3 is 2.36 bits per heavy atom. The first kappa shape index (κ1) is 24.0. The number of aliphatic carboxylic acids is 1. The number of carboxylic acids is 1. The highest BCUT2D eigenvalue weighted by Gasteiger charge is 2.45. The fourth-order valence-corrected chi connectivity index (χ4v) is 3.76. The van der Waals surface area contributed by atoms with E-state index < -0.39 is 45.9 Å². The van der Waals surface area contributed by atoms with Crippen molar-refractivity contribution < 1.29 is 41.9 Å². The van der Waals surface area contributed by atoms with E-state index in [1.807, 2.05) is 0 Å². The van der Waals surface area contributed by atoms with Crippen LogP contribution in [-0.4, -0.2) is 40.1 Å². The summed E-state index contributed by atoms with van der Waals surface area (Å²) in [7, 11) is 0. The van der Waals surface area contributed by atoms with Crippen LogP contribution >= 0.6 is 0 Å². The number of ether oxygens (including phenoxy) is 1. The van der Waals surface area contributed by atoms with Gasteiger partial charge in [-0.1, -0.05) is 6.07 Å². The SMILES string of the molecule is CC1(C(=O)O)CC(c2ccc(C(F)(F)F)c(F)c2)CN(C(=O)Oc2ccc([N+](=O)[O-])cc2)C1. The van der Waals surface area contributed by atoms with Gasteiger partial charge in [-0.25, -0.2) is 9.18 Å². The molecule has 0 aliphatic carbocycles. The van der Waals surface area contributed by atoms with Gasteiger partial charge in [-0.3, -0.25) is 14.9 Å². The lowest BCUT2D eigenvalue weighted by atomic mass is 9.74. The molecule has 0 bridgehead atoms. The van der Waals surface area contributed by atoms with E-state index in [1.165, 1.54) is 19.1 Å². The summed E-state index contributed by atoms with van der Waals surface area (Å²) in [6.45, 7) is 0.987. The van der Waals surface area contributed by atoms with E-state index >= 15 is 0 Å². The fourth-order valence-electron chi connectivity index (χ4n) is 3.76. The monoisotopic (exact) mass is 470 g/mol. The summed E-state index contributed by atoms with van der Waals surface area (Å²) < 4.78 is 57.9. The molecule has 1 fully saturated rings. The Kier molecular flexibility index (Phi) is 6.30. The molecule has 2 unspecified atom stereocenters. The van der Waals surface area contributed by atoms with Crippen LogP contribution in [0.1, 0.15) is 30.4 Å². The number of benzene rings is 2. The smallest absolute Gasteiger partial charge is 0.419 e. The molecular formula is C21H18F4N2O6. The topological polar surface area (TPSA) is 110 Å². The summed E-state index contributed by atoms with van der Waals surface area (Å²) in [5, 5.41) is 20.4. The molecule has 1 heterocycles. The molecule has 0 spiro atoms. The number of nitro benzene ring substituents is 1. The number of hydrogen-bond acceptors (Lipinski definition) is 5. The van der Waals surface area contributed by atoms with E-state index in [4.69, 9.17) is 4.74 Å². The van der Waals surface area contributed by atoms with Gasteiger partial charge < -0.3 is 14.7 Å². The molecule has 0 radical (unpaired) electrons. The molecule has 1 aliphatic heterocycles. The number of carbonyl (C=O) groups is 2. The molecule has 8 nitrogen and oxygen atoms in total. The normalized spacial score (nSPS) is 20.9. The molecule has 1 amide bonds. The first-order valence-electron chi connectivity index (χ1n) is 9.61. The molecule has 0 saturated carbocycles. The molecule has 3 rings (SSSR count). The maximum absolute atomic E-state index is 14.1. The summed E-state index contributed by atoms with van der Waals surface area (Å²) in [4.78, 5) is 35.7. The van der Waals surface area contributed by atoms with Crippen LogP contribution in [0.4, 0.5) is 28.0 Å². The van der Waals surface area contributed by atoms with Crippen LogP contribution in [0.2, 0.25) is 0 Å². The van der Waals surface area contributed by atoms with Crippen LogP contribution in [0.5, 0.6) is 5.75 Å². The maximum Gasteiger partial charge on any atom is 0.419 e. The number of amides is 1. The van der Waals surface area contributed by atoms with Crippen LogP contribution in [-0.2, 0) is 11.0 Å². The third kappa shape index (κ3) is 5.21. The Balaban J connectivity index is 1.85. The van der Waals surface area contributed by atoms with Crippen molar-refractivity contribution >= 4 is 17.7 Å². The van der Waals surface area contributed by atoms with Gasteiger partial charge in [0.05, 0.1) is 15.9 Å². The second-order valence-electron chi connectivity index (χ2n) is 8.00. The van der Waals surface area contributed by atoms with Crippen LogP contribution in [0.3, 0.4) is 0 Å². The second kappa shape index (κ2) is 8.68. The van der Waals surface area contributed by atoms with Crippen molar-refractivity contribution in [2.24, 2.45) is 5.41 Å². The summed E-state index contributed by atoms with van der Waals surface area (Å²) in [5.74, 6) is -3.54. The zero-order chi connectivity index (χ0) is 24.6. The minimum Gasteiger partial charge on any atom is -0.481 e. The van der Waals surface area contributed by atoms with E-state index in [1.54, 1.807) is 0 Å². The van der Waals surface area contributed by atoms with Gasteiger partial charge in [-0.2, -0.15) is 13.2 Å². The number of nitro groups is 1. The van der Waals surface area contributed by atoms with Crippen molar-refractivity contribution in [2.75, 3.05) is 13.1 Å². The van der Waals surface area contributed by atoms with E-state index in [-0.39, 0.29) is 36.5 Å². The predicted octanol–water partition coefficient (Wildman–Crippen LogP) is 4.83. The minimum atomic E-state index is -4.88. The number of nitrogens with zero attached hydrogens (tertiary/aromatic N) is 2. The van der Waals surface area contributed by atoms with Crippen molar-refractivity contribution in [3.63, 3.8) is 0 Å². The summed E-state index contributed by atoms with van der Waals surface area (Å²) in [6.07, 6.45) is -5.88. The first-order valence-corrected chi connectivity index (χ1v) is 9.61. The molecule has 33 heavy (non-hydrogen) atoms. The predicted molar refractivity (Wildman–Crippen MR) is 105 cm³/mol. The molecule has 12 heteroatoms. The van der Waals surface area contributed by atoms with Crippen LogP contribution in [0, 0.1) is 21.3 Å². The van der Waals surface area contributed by atoms with Gasteiger partial charge in [0.1, 0.15) is 11.6 Å². The number of non-ortho nitro benzene ring substituents is 1. The number of carbonyl (C=O) groups excluding carboxylic acids is 1. The highest BCUT2D eigenvalue weighted by atomic mass is 19.4. The van der Waals surface area contributed by atoms with Gasteiger partial charge in [0, 0.05) is 31.1 Å². The van der Waals surface area contributed by atoms with Gasteiger partial charge in [-0.05, 0) is 43.2 Å². The van der Waals surface area contributed by atoms with Crippen molar-refractivity contribution in [3.8, 4) is 5.75 Å². The number of piperidine rings is 1. The molecule has 1 aliphatic rings. The lowest BCUT2D eigenvalue weighted by Gasteiger charge is -2.41. The zero-order valence-corrected chi connectivity index (χ0v) is 17.1. The van der Waals surface area contributed by atoms with Crippen molar-refractivity contribution in [3.05, 3.63) is 69.5 Å². The van der Waals surface area contributed by atoms with E-state index in [0.717, 1.165) is 23.1 Å². The summed E-state index contributed by atoms with van der Waals surface area (Å²) >= 11 is 0. The Hall–Kier alpha value is -3.70. The van der Waals surface area contributed by atoms with Crippen molar-refractivity contribution in [2.45, 2.75) is 25.4 Å². The number of carboxylic acid groups (broad SMARTS) is 1. The van der Waals surface area contributed by atoms with Crippen LogP contribution < -0.4 is 4.74 Å². The van der Waals surface area contributed by atoms with Gasteiger partial charge in [0.15, 0.2) is 0 Å². The van der Waals surface area contributed by atoms with E-state index in [0.29, 0.717) is 12.1 Å². The third-order valence-corrected chi connectivity index (χ3v) is 5.47. The lowest BCUT2D eigenvalue weighted by molar-refractivity contribution is -0.384.